The van der Waals surface area contributed by atoms with Crippen LogP contribution in [0.4, 0.5) is 5.69 Å². The molecule has 23 heavy (non-hydrogen) atoms. The van der Waals surface area contributed by atoms with Gasteiger partial charge in [-0.3, -0.25) is 14.9 Å². The van der Waals surface area contributed by atoms with E-state index < -0.39 is 17.0 Å². The van der Waals surface area contributed by atoms with E-state index in [9.17, 15) is 19.7 Å². The Bertz CT molecular complexity index is 596. The van der Waals surface area contributed by atoms with Crippen LogP contribution < -0.4 is 5.32 Å². The summed E-state index contributed by atoms with van der Waals surface area (Å²) in [6.07, 6.45) is 4.19. The molecule has 1 unspecified atom stereocenters. The molecular weight excluding hydrogens is 300 g/mol. The van der Waals surface area contributed by atoms with Crippen molar-refractivity contribution in [3.63, 3.8) is 0 Å². The van der Waals surface area contributed by atoms with Gasteiger partial charge in [-0.05, 0) is 25.8 Å². The fourth-order valence-corrected chi connectivity index (χ4v) is 2.65. The van der Waals surface area contributed by atoms with Crippen LogP contribution >= 0.6 is 0 Å². The molecule has 1 aromatic rings. The zero-order chi connectivity index (χ0) is 16.8. The molecule has 0 aliphatic heterocycles. The van der Waals surface area contributed by atoms with Crippen LogP contribution in [0.2, 0.25) is 0 Å². The van der Waals surface area contributed by atoms with Crippen molar-refractivity contribution in [3.8, 4) is 0 Å². The van der Waals surface area contributed by atoms with Crippen LogP contribution in [0, 0.1) is 10.1 Å². The molecule has 0 aromatic heterocycles. The van der Waals surface area contributed by atoms with Crippen LogP contribution in [0.1, 0.15) is 49.4 Å². The number of amides is 1. The molecule has 0 spiro atoms. The molecule has 0 saturated heterocycles. The van der Waals surface area contributed by atoms with Gasteiger partial charge in [0.15, 0.2) is 6.10 Å². The lowest BCUT2D eigenvalue weighted by Gasteiger charge is -2.24. The predicted molar refractivity (Wildman–Crippen MR) is 83.0 cm³/mol. The molecule has 0 radical (unpaired) electrons. The lowest BCUT2D eigenvalue weighted by atomic mass is 9.95. The second-order valence-electron chi connectivity index (χ2n) is 5.67. The fourth-order valence-electron chi connectivity index (χ4n) is 2.65. The molecule has 2 rings (SSSR count). The Morgan fingerprint density at radius 2 is 1.91 bits per heavy atom. The van der Waals surface area contributed by atoms with Crippen molar-refractivity contribution in [3.05, 3.63) is 39.9 Å². The van der Waals surface area contributed by atoms with E-state index in [1.807, 2.05) is 0 Å². The highest BCUT2D eigenvalue weighted by molar-refractivity contribution is 5.95. The number of hydrogen-bond donors (Lipinski definition) is 1. The SMILES string of the molecule is CC(OC(=O)c1ccccc1[N+](=O)[O-])C(=O)NC1CCCCC1. The van der Waals surface area contributed by atoms with Crippen molar-refractivity contribution >= 4 is 17.6 Å². The van der Waals surface area contributed by atoms with Crippen molar-refractivity contribution in [1.29, 1.82) is 0 Å². The third-order valence-corrected chi connectivity index (χ3v) is 3.93. The maximum Gasteiger partial charge on any atom is 0.345 e. The molecule has 1 aliphatic rings. The Labute approximate surface area is 134 Å². The number of nitrogens with one attached hydrogen (secondary N) is 1. The van der Waals surface area contributed by atoms with Gasteiger partial charge in [0.1, 0.15) is 5.56 Å². The molecule has 0 bridgehead atoms. The van der Waals surface area contributed by atoms with E-state index in [2.05, 4.69) is 5.32 Å². The maximum atomic E-state index is 12.1. The standard InChI is InChI=1S/C16H20N2O5/c1-11(15(19)17-12-7-3-2-4-8-12)23-16(20)13-9-5-6-10-14(13)18(21)22/h5-6,9-12H,2-4,7-8H2,1H3,(H,17,19). The monoisotopic (exact) mass is 320 g/mol. The van der Waals surface area contributed by atoms with E-state index in [-0.39, 0.29) is 23.2 Å². The molecule has 1 saturated carbocycles. The van der Waals surface area contributed by atoms with E-state index in [4.69, 9.17) is 4.74 Å². The van der Waals surface area contributed by atoms with Crippen molar-refractivity contribution in [2.75, 3.05) is 0 Å². The minimum absolute atomic E-state index is 0.114. The second kappa shape index (κ2) is 7.71. The number of esters is 1. The molecule has 1 aliphatic carbocycles. The van der Waals surface area contributed by atoms with Crippen molar-refractivity contribution in [1.82, 2.24) is 5.32 Å². The van der Waals surface area contributed by atoms with Crippen molar-refractivity contribution in [2.24, 2.45) is 0 Å². The molecule has 1 atom stereocenters. The molecule has 7 heteroatoms. The summed E-state index contributed by atoms with van der Waals surface area (Å²) in [5.74, 6) is -1.24. The lowest BCUT2D eigenvalue weighted by molar-refractivity contribution is -0.385. The van der Waals surface area contributed by atoms with E-state index >= 15 is 0 Å². The number of nitrogens with zero attached hydrogens (tertiary/aromatic N) is 1. The first kappa shape index (κ1) is 16.9. The lowest BCUT2D eigenvalue weighted by Crippen LogP contribution is -2.42. The number of nitro groups is 1. The van der Waals surface area contributed by atoms with E-state index in [1.54, 1.807) is 0 Å². The van der Waals surface area contributed by atoms with Crippen LogP contribution in [0.15, 0.2) is 24.3 Å². The summed E-state index contributed by atoms with van der Waals surface area (Å²) in [6.45, 7) is 1.46. The molecular formula is C16H20N2O5. The minimum Gasteiger partial charge on any atom is -0.449 e. The van der Waals surface area contributed by atoms with Gasteiger partial charge in [-0.2, -0.15) is 0 Å². The number of ether oxygens (including phenoxy) is 1. The number of rotatable bonds is 5. The average molecular weight is 320 g/mol. The smallest absolute Gasteiger partial charge is 0.345 e. The Morgan fingerprint density at radius 3 is 2.57 bits per heavy atom. The Hall–Kier alpha value is -2.44. The number of para-hydroxylation sites is 1. The van der Waals surface area contributed by atoms with Crippen LogP contribution in [0.25, 0.3) is 0 Å². The largest absolute Gasteiger partial charge is 0.449 e. The van der Waals surface area contributed by atoms with Gasteiger partial charge >= 0.3 is 5.97 Å². The average Bonchev–Trinajstić information content (AvgIpc) is 2.55. The van der Waals surface area contributed by atoms with Gasteiger partial charge < -0.3 is 10.1 Å². The van der Waals surface area contributed by atoms with Gasteiger partial charge in [-0.25, -0.2) is 4.79 Å². The number of hydrogen-bond acceptors (Lipinski definition) is 5. The summed E-state index contributed by atoms with van der Waals surface area (Å²) in [5, 5.41) is 13.8. The number of carbonyl (C=O) groups is 2. The molecule has 124 valence electrons. The third kappa shape index (κ3) is 4.51. The molecule has 1 N–H and O–H groups in total. The van der Waals surface area contributed by atoms with Crippen LogP contribution in [-0.2, 0) is 9.53 Å². The van der Waals surface area contributed by atoms with Gasteiger partial charge in [0.25, 0.3) is 11.6 Å². The summed E-state index contributed by atoms with van der Waals surface area (Å²) in [7, 11) is 0. The predicted octanol–water partition coefficient (Wildman–Crippen LogP) is 2.59. The van der Waals surface area contributed by atoms with Crippen molar-refractivity contribution in [2.45, 2.75) is 51.2 Å². The number of benzene rings is 1. The highest BCUT2D eigenvalue weighted by Gasteiger charge is 2.26. The van der Waals surface area contributed by atoms with Crippen LogP contribution in [0.3, 0.4) is 0 Å². The summed E-state index contributed by atoms with van der Waals surface area (Å²) in [5.41, 5.74) is -0.493. The van der Waals surface area contributed by atoms with Crippen LogP contribution in [0.5, 0.6) is 0 Å². The van der Waals surface area contributed by atoms with Crippen molar-refractivity contribution < 1.29 is 19.2 Å². The van der Waals surface area contributed by atoms with Gasteiger partial charge in [0.05, 0.1) is 4.92 Å². The molecule has 7 nitrogen and oxygen atoms in total. The normalized spacial score (nSPS) is 16.4. The Kier molecular flexibility index (Phi) is 5.67. The summed E-state index contributed by atoms with van der Waals surface area (Å²) >= 11 is 0. The minimum atomic E-state index is -0.996. The number of carbonyl (C=O) groups excluding carboxylic acids is 2. The maximum absolute atomic E-state index is 12.1. The zero-order valence-electron chi connectivity index (χ0n) is 13.0. The molecule has 1 fully saturated rings. The fraction of sp³-hybridized carbons (Fsp3) is 0.500. The summed E-state index contributed by atoms with van der Waals surface area (Å²) in [4.78, 5) is 34.4. The Balaban J connectivity index is 1.96. The first-order valence-electron chi connectivity index (χ1n) is 7.74. The highest BCUT2D eigenvalue weighted by atomic mass is 16.6. The molecule has 1 amide bonds. The van der Waals surface area contributed by atoms with Gasteiger partial charge in [0, 0.05) is 12.1 Å². The first-order chi connectivity index (χ1) is 11.0. The number of nitro benzene ring substituents is 1. The topological polar surface area (TPSA) is 98.5 Å². The van der Waals surface area contributed by atoms with E-state index in [0.29, 0.717) is 0 Å². The first-order valence-corrected chi connectivity index (χ1v) is 7.74. The molecule has 0 heterocycles. The summed E-state index contributed by atoms with van der Waals surface area (Å²) < 4.78 is 5.08. The highest BCUT2D eigenvalue weighted by Crippen LogP contribution is 2.20. The zero-order valence-corrected chi connectivity index (χ0v) is 13.0. The van der Waals surface area contributed by atoms with Crippen LogP contribution in [-0.4, -0.2) is 28.9 Å². The molecule has 1 aromatic carbocycles. The van der Waals surface area contributed by atoms with Gasteiger partial charge in [-0.1, -0.05) is 31.4 Å². The van der Waals surface area contributed by atoms with Gasteiger partial charge in [0.2, 0.25) is 0 Å². The van der Waals surface area contributed by atoms with E-state index in [0.717, 1.165) is 25.7 Å². The summed E-state index contributed by atoms with van der Waals surface area (Å²) in [6, 6.07) is 5.63. The third-order valence-electron chi connectivity index (χ3n) is 3.93. The quantitative estimate of drug-likeness (QED) is 0.511. The second-order valence-corrected chi connectivity index (χ2v) is 5.67. The van der Waals surface area contributed by atoms with Gasteiger partial charge in [-0.15, -0.1) is 0 Å². The Morgan fingerprint density at radius 1 is 1.26 bits per heavy atom. The van der Waals surface area contributed by atoms with E-state index in [1.165, 1.54) is 37.6 Å².